The molecule has 1 aromatic carbocycles. The van der Waals surface area contributed by atoms with Gasteiger partial charge < -0.3 is 14.7 Å². The van der Waals surface area contributed by atoms with Crippen LogP contribution in [0.4, 0.5) is 10.6 Å². The number of aromatic nitrogens is 1. The van der Waals surface area contributed by atoms with Crippen molar-refractivity contribution in [2.75, 3.05) is 31.5 Å². The Kier molecular flexibility index (Phi) is 5.48. The molecule has 2 amide bonds. The first-order chi connectivity index (χ1) is 11.7. The van der Waals surface area contributed by atoms with Gasteiger partial charge in [0.1, 0.15) is 5.76 Å². The maximum atomic E-state index is 11.9. The largest absolute Gasteiger partial charge is 0.360 e. The lowest BCUT2D eigenvalue weighted by atomic mass is 10.1. The Labute approximate surface area is 142 Å². The molecule has 1 fully saturated rings. The fourth-order valence-corrected chi connectivity index (χ4v) is 3.04. The van der Waals surface area contributed by atoms with E-state index in [-0.39, 0.29) is 6.03 Å². The second-order valence-corrected chi connectivity index (χ2v) is 6.35. The van der Waals surface area contributed by atoms with Crippen molar-refractivity contribution in [3.8, 4) is 0 Å². The molecule has 1 atom stereocenters. The third kappa shape index (κ3) is 4.83. The summed E-state index contributed by atoms with van der Waals surface area (Å²) in [7, 11) is 0. The van der Waals surface area contributed by atoms with Crippen molar-refractivity contribution in [2.24, 2.45) is 5.92 Å². The summed E-state index contributed by atoms with van der Waals surface area (Å²) in [5.41, 5.74) is 1.38. The first kappa shape index (κ1) is 16.5. The van der Waals surface area contributed by atoms with Crippen LogP contribution in [0.2, 0.25) is 0 Å². The minimum Gasteiger partial charge on any atom is -0.360 e. The number of nitrogens with one attached hydrogen (secondary N) is 2. The number of rotatable bonds is 6. The van der Waals surface area contributed by atoms with Crippen LogP contribution in [0.3, 0.4) is 0 Å². The number of benzene rings is 1. The Hall–Kier alpha value is -2.34. The summed E-state index contributed by atoms with van der Waals surface area (Å²) in [4.78, 5) is 14.3. The monoisotopic (exact) mass is 328 g/mol. The average molecular weight is 328 g/mol. The zero-order valence-corrected chi connectivity index (χ0v) is 14.0. The van der Waals surface area contributed by atoms with Crippen LogP contribution < -0.4 is 10.6 Å². The summed E-state index contributed by atoms with van der Waals surface area (Å²) < 4.78 is 4.92. The minimum absolute atomic E-state index is 0.231. The van der Waals surface area contributed by atoms with Gasteiger partial charge in [-0.25, -0.2) is 4.79 Å². The molecular weight excluding hydrogens is 304 g/mol. The van der Waals surface area contributed by atoms with Gasteiger partial charge in [-0.15, -0.1) is 0 Å². The molecule has 1 saturated heterocycles. The van der Waals surface area contributed by atoms with Gasteiger partial charge in [0.25, 0.3) is 0 Å². The van der Waals surface area contributed by atoms with Gasteiger partial charge in [0.15, 0.2) is 5.82 Å². The van der Waals surface area contributed by atoms with Crippen LogP contribution >= 0.6 is 0 Å². The predicted molar refractivity (Wildman–Crippen MR) is 93.0 cm³/mol. The molecule has 1 aliphatic heterocycles. The highest BCUT2D eigenvalue weighted by Gasteiger charge is 2.22. The number of hydrogen-bond donors (Lipinski definition) is 2. The summed E-state index contributed by atoms with van der Waals surface area (Å²) in [5.74, 6) is 1.63. The molecule has 2 N–H and O–H groups in total. The van der Waals surface area contributed by atoms with Crippen molar-refractivity contribution in [2.45, 2.75) is 19.8 Å². The molecule has 0 aliphatic carbocycles. The molecule has 128 valence electrons. The summed E-state index contributed by atoms with van der Waals surface area (Å²) in [6.07, 6.45) is 2.20. The number of hydrogen-bond acceptors (Lipinski definition) is 4. The molecule has 0 radical (unpaired) electrons. The molecule has 1 aromatic heterocycles. The number of carbonyl (C=O) groups excluding carboxylic acids is 1. The van der Waals surface area contributed by atoms with Gasteiger partial charge in [-0.05, 0) is 37.8 Å². The standard InChI is InChI=1S/C18H24N4O2/c1-14-11-17(21-24-14)20-18(23)19-12-16-8-10-22(13-16)9-7-15-5-3-2-4-6-15/h2-6,11,16H,7-10,12-13H2,1H3,(H2,19,20,21,23). The normalized spacial score (nSPS) is 17.8. The summed E-state index contributed by atoms with van der Waals surface area (Å²) >= 11 is 0. The Bertz CT molecular complexity index is 656. The van der Waals surface area contributed by atoms with E-state index in [1.54, 1.807) is 13.0 Å². The second-order valence-electron chi connectivity index (χ2n) is 6.35. The fourth-order valence-electron chi connectivity index (χ4n) is 3.04. The summed E-state index contributed by atoms with van der Waals surface area (Å²) in [6.45, 7) is 5.69. The van der Waals surface area contributed by atoms with E-state index < -0.39 is 0 Å². The van der Waals surface area contributed by atoms with Crippen LogP contribution in [0.25, 0.3) is 0 Å². The lowest BCUT2D eigenvalue weighted by molar-refractivity contribution is 0.249. The number of likely N-dealkylation sites (tertiary alicyclic amines) is 1. The van der Waals surface area contributed by atoms with Gasteiger partial charge in [-0.1, -0.05) is 35.5 Å². The zero-order chi connectivity index (χ0) is 16.8. The molecule has 2 heterocycles. The Morgan fingerprint density at radius 1 is 1.38 bits per heavy atom. The lowest BCUT2D eigenvalue weighted by Gasteiger charge is -2.16. The van der Waals surface area contributed by atoms with Gasteiger partial charge >= 0.3 is 6.03 Å². The first-order valence-corrected chi connectivity index (χ1v) is 8.43. The number of amides is 2. The number of anilines is 1. The van der Waals surface area contributed by atoms with E-state index in [9.17, 15) is 4.79 Å². The fraction of sp³-hybridized carbons (Fsp3) is 0.444. The second kappa shape index (κ2) is 7.97. The number of carbonyl (C=O) groups is 1. The molecule has 2 aromatic rings. The summed E-state index contributed by atoms with van der Waals surface area (Å²) in [5, 5.41) is 9.34. The van der Waals surface area contributed by atoms with Gasteiger partial charge in [-0.3, -0.25) is 5.32 Å². The van der Waals surface area contributed by atoms with Crippen LogP contribution in [0.5, 0.6) is 0 Å². The van der Waals surface area contributed by atoms with E-state index in [2.05, 4.69) is 45.0 Å². The van der Waals surface area contributed by atoms with Gasteiger partial charge in [0.2, 0.25) is 0 Å². The van der Waals surface area contributed by atoms with Crippen molar-refractivity contribution < 1.29 is 9.32 Å². The van der Waals surface area contributed by atoms with E-state index in [4.69, 9.17) is 4.52 Å². The predicted octanol–water partition coefficient (Wildman–Crippen LogP) is 2.67. The zero-order valence-electron chi connectivity index (χ0n) is 14.0. The number of urea groups is 1. The quantitative estimate of drug-likeness (QED) is 0.855. The maximum Gasteiger partial charge on any atom is 0.320 e. The number of nitrogens with zero attached hydrogens (tertiary/aromatic N) is 2. The van der Waals surface area contributed by atoms with Crippen molar-refractivity contribution in [3.63, 3.8) is 0 Å². The molecule has 1 unspecified atom stereocenters. The van der Waals surface area contributed by atoms with E-state index in [1.165, 1.54) is 5.56 Å². The highest BCUT2D eigenvalue weighted by molar-refractivity contribution is 5.88. The minimum atomic E-state index is -0.231. The molecule has 6 heteroatoms. The topological polar surface area (TPSA) is 70.4 Å². The van der Waals surface area contributed by atoms with Crippen LogP contribution in [0.1, 0.15) is 17.7 Å². The van der Waals surface area contributed by atoms with E-state index >= 15 is 0 Å². The van der Waals surface area contributed by atoms with Crippen molar-refractivity contribution in [1.82, 2.24) is 15.4 Å². The molecule has 0 bridgehead atoms. The molecule has 24 heavy (non-hydrogen) atoms. The molecule has 6 nitrogen and oxygen atoms in total. The summed E-state index contributed by atoms with van der Waals surface area (Å²) in [6, 6.07) is 12.0. The van der Waals surface area contributed by atoms with Crippen LogP contribution in [-0.2, 0) is 6.42 Å². The molecule has 3 rings (SSSR count). The third-order valence-corrected chi connectivity index (χ3v) is 4.35. The van der Waals surface area contributed by atoms with Gasteiger partial charge in [-0.2, -0.15) is 0 Å². The van der Waals surface area contributed by atoms with Crippen LogP contribution in [0, 0.1) is 12.8 Å². The van der Waals surface area contributed by atoms with E-state index in [0.717, 1.165) is 32.5 Å². The SMILES string of the molecule is Cc1cc(NC(=O)NCC2CCN(CCc3ccccc3)C2)no1. The van der Waals surface area contributed by atoms with E-state index in [0.29, 0.717) is 24.0 Å². The third-order valence-electron chi connectivity index (χ3n) is 4.35. The average Bonchev–Trinajstić information content (AvgIpc) is 3.21. The maximum absolute atomic E-state index is 11.9. The first-order valence-electron chi connectivity index (χ1n) is 8.43. The van der Waals surface area contributed by atoms with Crippen molar-refractivity contribution >= 4 is 11.8 Å². The van der Waals surface area contributed by atoms with Crippen LogP contribution in [-0.4, -0.2) is 42.3 Å². The molecule has 0 saturated carbocycles. The molecule has 1 aliphatic rings. The van der Waals surface area contributed by atoms with Gasteiger partial charge in [0, 0.05) is 25.7 Å². The molecular formula is C18H24N4O2. The van der Waals surface area contributed by atoms with Crippen LogP contribution in [0.15, 0.2) is 40.9 Å². The van der Waals surface area contributed by atoms with Crippen molar-refractivity contribution in [1.29, 1.82) is 0 Å². The Morgan fingerprint density at radius 2 is 2.21 bits per heavy atom. The van der Waals surface area contributed by atoms with Crippen molar-refractivity contribution in [3.05, 3.63) is 47.7 Å². The smallest absolute Gasteiger partial charge is 0.320 e. The number of aryl methyl sites for hydroxylation is 1. The lowest BCUT2D eigenvalue weighted by Crippen LogP contribution is -2.34. The van der Waals surface area contributed by atoms with E-state index in [1.807, 2.05) is 6.07 Å². The molecule has 0 spiro atoms. The highest BCUT2D eigenvalue weighted by Crippen LogP contribution is 2.16. The van der Waals surface area contributed by atoms with Gasteiger partial charge in [0.05, 0.1) is 0 Å². The Balaban J connectivity index is 1.34. The highest BCUT2D eigenvalue weighted by atomic mass is 16.5. The Morgan fingerprint density at radius 3 is 2.96 bits per heavy atom.